The average Bonchev–Trinajstić information content (AvgIpc) is 2.68. The second-order valence-corrected chi connectivity index (χ2v) is 5.89. The van der Waals surface area contributed by atoms with Crippen molar-refractivity contribution in [3.63, 3.8) is 0 Å². The van der Waals surface area contributed by atoms with Gasteiger partial charge in [0, 0.05) is 36.9 Å². The van der Waals surface area contributed by atoms with Crippen LogP contribution < -0.4 is 29.6 Å². The molecule has 0 saturated heterocycles. The molecule has 0 unspecified atom stereocenters. The van der Waals surface area contributed by atoms with E-state index in [1.165, 1.54) is 7.11 Å². The predicted molar refractivity (Wildman–Crippen MR) is 106 cm³/mol. The van der Waals surface area contributed by atoms with Crippen LogP contribution in [0.15, 0.2) is 30.3 Å². The number of carbonyl (C=O) groups is 1. The number of benzene rings is 2. The molecular weight excluding hydrogens is 372 g/mol. The molecule has 146 valence electrons. The topological polar surface area (TPSA) is 78.1 Å². The maximum absolute atomic E-state index is 12.2. The van der Waals surface area contributed by atoms with Gasteiger partial charge in [0.25, 0.3) is 0 Å². The van der Waals surface area contributed by atoms with Crippen molar-refractivity contribution in [2.24, 2.45) is 0 Å². The zero-order valence-electron chi connectivity index (χ0n) is 15.7. The van der Waals surface area contributed by atoms with Crippen LogP contribution in [0.4, 0.5) is 11.4 Å². The van der Waals surface area contributed by atoms with Crippen LogP contribution in [0.3, 0.4) is 0 Å². The van der Waals surface area contributed by atoms with Gasteiger partial charge in [-0.1, -0.05) is 11.6 Å². The van der Waals surface area contributed by atoms with E-state index in [9.17, 15) is 4.79 Å². The molecule has 0 aliphatic heterocycles. The molecule has 0 fully saturated rings. The minimum Gasteiger partial charge on any atom is -0.495 e. The van der Waals surface area contributed by atoms with E-state index < -0.39 is 0 Å². The molecule has 0 aliphatic rings. The summed E-state index contributed by atoms with van der Waals surface area (Å²) in [5.41, 5.74) is 1.32. The third-order valence-electron chi connectivity index (χ3n) is 3.81. The molecule has 0 radical (unpaired) electrons. The number of methoxy groups -OCH3 is 4. The molecule has 0 heterocycles. The Kier molecular flexibility index (Phi) is 7.43. The second kappa shape index (κ2) is 9.78. The number of anilines is 2. The molecule has 0 spiro atoms. The van der Waals surface area contributed by atoms with Crippen molar-refractivity contribution in [3.8, 4) is 23.0 Å². The minimum absolute atomic E-state index is 0.144. The lowest BCUT2D eigenvalue weighted by Crippen LogP contribution is -2.16. The van der Waals surface area contributed by atoms with Crippen LogP contribution in [0.2, 0.25) is 5.02 Å². The predicted octanol–water partition coefficient (Wildman–Crippen LogP) is 3.82. The number of nitrogens with one attached hydrogen (secondary N) is 2. The lowest BCUT2D eigenvalue weighted by atomic mass is 10.2. The van der Waals surface area contributed by atoms with Crippen molar-refractivity contribution >= 4 is 28.9 Å². The summed E-state index contributed by atoms with van der Waals surface area (Å²) in [5.74, 6) is 2.10. The van der Waals surface area contributed by atoms with Crippen LogP contribution in [0.5, 0.6) is 23.0 Å². The fourth-order valence-corrected chi connectivity index (χ4v) is 2.68. The van der Waals surface area contributed by atoms with Crippen molar-refractivity contribution < 1.29 is 23.7 Å². The zero-order valence-corrected chi connectivity index (χ0v) is 16.5. The summed E-state index contributed by atoms with van der Waals surface area (Å²) in [6.45, 7) is 0.403. The van der Waals surface area contributed by atoms with Crippen LogP contribution >= 0.6 is 11.6 Å². The summed E-state index contributed by atoms with van der Waals surface area (Å²) in [6.07, 6.45) is 0.252. The van der Waals surface area contributed by atoms with Crippen molar-refractivity contribution in [1.82, 2.24) is 0 Å². The van der Waals surface area contributed by atoms with Gasteiger partial charge < -0.3 is 29.6 Å². The van der Waals surface area contributed by atoms with Crippen molar-refractivity contribution in [2.45, 2.75) is 6.42 Å². The molecular formula is C19H23ClN2O5. The molecule has 1 amide bonds. The van der Waals surface area contributed by atoms with E-state index in [0.29, 0.717) is 45.9 Å². The Balaban J connectivity index is 1.95. The maximum atomic E-state index is 12.2. The summed E-state index contributed by atoms with van der Waals surface area (Å²) < 4.78 is 20.9. The molecule has 8 heteroatoms. The highest BCUT2D eigenvalue weighted by molar-refractivity contribution is 6.32. The Morgan fingerprint density at radius 1 is 0.889 bits per heavy atom. The van der Waals surface area contributed by atoms with Crippen molar-refractivity contribution in [2.75, 3.05) is 45.6 Å². The molecule has 2 rings (SSSR count). The van der Waals surface area contributed by atoms with Gasteiger partial charge in [-0.05, 0) is 12.1 Å². The maximum Gasteiger partial charge on any atom is 0.226 e. The Morgan fingerprint density at radius 2 is 1.56 bits per heavy atom. The van der Waals surface area contributed by atoms with Crippen molar-refractivity contribution in [1.29, 1.82) is 0 Å². The van der Waals surface area contributed by atoms with Gasteiger partial charge in [0.2, 0.25) is 5.91 Å². The van der Waals surface area contributed by atoms with E-state index in [4.69, 9.17) is 30.5 Å². The molecule has 0 bridgehead atoms. The van der Waals surface area contributed by atoms with E-state index in [1.807, 2.05) is 0 Å². The van der Waals surface area contributed by atoms with Gasteiger partial charge in [-0.25, -0.2) is 0 Å². The fraction of sp³-hybridized carbons (Fsp3) is 0.316. The second-order valence-electron chi connectivity index (χ2n) is 5.48. The van der Waals surface area contributed by atoms with E-state index in [0.717, 1.165) is 0 Å². The fourth-order valence-electron chi connectivity index (χ4n) is 2.45. The Bertz CT molecular complexity index is 798. The first-order chi connectivity index (χ1) is 13.0. The first-order valence-corrected chi connectivity index (χ1v) is 8.57. The quantitative estimate of drug-likeness (QED) is 0.673. The molecule has 2 aromatic rings. The number of halogens is 1. The number of hydrogen-bond acceptors (Lipinski definition) is 6. The van der Waals surface area contributed by atoms with Gasteiger partial charge in [0.05, 0.1) is 39.1 Å². The molecule has 27 heavy (non-hydrogen) atoms. The monoisotopic (exact) mass is 394 g/mol. The van der Waals surface area contributed by atoms with Gasteiger partial charge in [0.1, 0.15) is 11.5 Å². The summed E-state index contributed by atoms with van der Waals surface area (Å²) in [4.78, 5) is 12.2. The highest BCUT2D eigenvalue weighted by Gasteiger charge is 2.11. The lowest BCUT2D eigenvalue weighted by Gasteiger charge is -2.14. The standard InChI is InChI=1S/C19H23ClN2O5/c1-24-15-6-5-12(9-18(15)27-4)22-19(23)7-8-21-14-11-16(25-2)13(20)10-17(14)26-3/h5-6,9-11,21H,7-8H2,1-4H3,(H,22,23). The molecule has 2 N–H and O–H groups in total. The Hall–Kier alpha value is -2.80. The van der Waals surface area contributed by atoms with E-state index in [-0.39, 0.29) is 12.3 Å². The zero-order chi connectivity index (χ0) is 19.8. The van der Waals surface area contributed by atoms with E-state index in [1.54, 1.807) is 51.7 Å². The van der Waals surface area contributed by atoms with Crippen LogP contribution in [0, 0.1) is 0 Å². The van der Waals surface area contributed by atoms with Crippen LogP contribution in [-0.4, -0.2) is 40.9 Å². The van der Waals surface area contributed by atoms with Gasteiger partial charge in [-0.2, -0.15) is 0 Å². The van der Waals surface area contributed by atoms with Crippen molar-refractivity contribution in [3.05, 3.63) is 35.4 Å². The van der Waals surface area contributed by atoms with Gasteiger partial charge >= 0.3 is 0 Å². The Morgan fingerprint density at radius 3 is 2.19 bits per heavy atom. The number of hydrogen-bond donors (Lipinski definition) is 2. The Labute approximate surface area is 163 Å². The largest absolute Gasteiger partial charge is 0.495 e. The highest BCUT2D eigenvalue weighted by atomic mass is 35.5. The smallest absolute Gasteiger partial charge is 0.226 e. The van der Waals surface area contributed by atoms with Gasteiger partial charge in [0.15, 0.2) is 11.5 Å². The molecule has 2 aromatic carbocycles. The van der Waals surface area contributed by atoms with E-state index in [2.05, 4.69) is 10.6 Å². The molecule has 0 aliphatic carbocycles. The van der Waals surface area contributed by atoms with Crippen LogP contribution in [-0.2, 0) is 4.79 Å². The third-order valence-corrected chi connectivity index (χ3v) is 4.10. The summed E-state index contributed by atoms with van der Waals surface area (Å²) in [5, 5.41) is 6.43. The summed E-state index contributed by atoms with van der Waals surface area (Å²) >= 11 is 6.09. The number of carbonyl (C=O) groups excluding carboxylic acids is 1. The SMILES string of the molecule is COc1cc(NCCC(=O)Nc2ccc(OC)c(OC)c2)c(OC)cc1Cl. The number of rotatable bonds is 9. The van der Waals surface area contributed by atoms with E-state index >= 15 is 0 Å². The number of ether oxygens (including phenoxy) is 4. The summed E-state index contributed by atoms with van der Waals surface area (Å²) in [7, 11) is 6.18. The summed E-state index contributed by atoms with van der Waals surface area (Å²) in [6, 6.07) is 8.58. The molecule has 7 nitrogen and oxygen atoms in total. The molecule has 0 aromatic heterocycles. The van der Waals surface area contributed by atoms with Gasteiger partial charge in [-0.3, -0.25) is 4.79 Å². The normalized spacial score (nSPS) is 10.1. The average molecular weight is 395 g/mol. The number of amides is 1. The van der Waals surface area contributed by atoms with Gasteiger partial charge in [-0.15, -0.1) is 0 Å². The van der Waals surface area contributed by atoms with Crippen LogP contribution in [0.25, 0.3) is 0 Å². The lowest BCUT2D eigenvalue weighted by molar-refractivity contribution is -0.115. The first kappa shape index (κ1) is 20.5. The first-order valence-electron chi connectivity index (χ1n) is 8.19. The molecule has 0 saturated carbocycles. The minimum atomic E-state index is -0.144. The molecule has 0 atom stereocenters. The third kappa shape index (κ3) is 5.34. The highest BCUT2D eigenvalue weighted by Crippen LogP contribution is 2.35. The van der Waals surface area contributed by atoms with Crippen LogP contribution in [0.1, 0.15) is 6.42 Å².